The molecule has 0 bridgehead atoms. The fourth-order valence-electron chi connectivity index (χ4n) is 4.82. The Morgan fingerprint density at radius 2 is 2.03 bits per heavy atom. The van der Waals surface area contributed by atoms with E-state index < -0.39 is 12.0 Å². The number of nitrogens with zero attached hydrogens (tertiary/aromatic N) is 3. The molecule has 5 rings (SSSR count). The molecule has 1 N–H and O–H groups in total. The summed E-state index contributed by atoms with van der Waals surface area (Å²) in [5.41, 5.74) is 2.38. The average molecular weight is 413 g/mol. The first-order chi connectivity index (χ1) is 14.0. The van der Waals surface area contributed by atoms with Crippen LogP contribution in [-0.2, 0) is 14.4 Å². The monoisotopic (exact) mass is 413 g/mol. The zero-order valence-corrected chi connectivity index (χ0v) is 18.8. The number of carbonyl (C=O) groups is 3. The van der Waals surface area contributed by atoms with Crippen LogP contribution in [0.15, 0.2) is 53.9 Å². The fraction of sp³-hybridized carbons (Fsp3) is 0.273. The van der Waals surface area contributed by atoms with Crippen LogP contribution in [0.4, 0.5) is 0 Å². The van der Waals surface area contributed by atoms with Gasteiger partial charge in [-0.2, -0.15) is 0 Å². The predicted octanol–water partition coefficient (Wildman–Crippen LogP) is -0.835. The molecule has 2 aromatic rings. The van der Waals surface area contributed by atoms with Crippen LogP contribution in [0, 0.1) is 5.92 Å². The van der Waals surface area contributed by atoms with Crippen molar-refractivity contribution in [1.29, 1.82) is 0 Å². The third-order valence-electron chi connectivity index (χ3n) is 6.08. The standard InChI is InChI=1S/C22H19N3O4.Na.H/c1-12(26)24-11-16-9-15(19(22(28)29)25-18(16)20(24)21(25)27)7-6-13-8-14-4-2-3-5-17(14)23-10-13;;/h2-8,10,16,18,20H,9,11H2,1H3,(H,28,29);;/q;+1;-1/b7-6+;;/t16-,18-,20+;;/m1../s1. The molecule has 1 aromatic carbocycles. The van der Waals surface area contributed by atoms with Crippen LogP contribution < -0.4 is 29.6 Å². The van der Waals surface area contributed by atoms with E-state index in [9.17, 15) is 19.5 Å². The zero-order valence-electron chi connectivity index (χ0n) is 17.8. The molecular weight excluding hydrogens is 393 g/mol. The number of hydrogen-bond donors (Lipinski definition) is 1. The molecule has 2 fully saturated rings. The molecule has 2 saturated heterocycles. The minimum atomic E-state index is -1.12. The number of carboxylic acids is 1. The number of β-lactam (4-membered cyclic amide) rings is 1. The molecule has 0 radical (unpaired) electrons. The molecule has 7 nitrogen and oxygen atoms in total. The number of fused-ring (bicyclic) bond motifs is 1. The molecule has 0 saturated carbocycles. The molecule has 2 amide bonds. The van der Waals surface area contributed by atoms with E-state index in [4.69, 9.17) is 0 Å². The predicted molar refractivity (Wildman–Crippen MR) is 106 cm³/mol. The van der Waals surface area contributed by atoms with E-state index in [-0.39, 0.29) is 60.5 Å². The first-order valence-corrected chi connectivity index (χ1v) is 9.55. The van der Waals surface area contributed by atoms with Gasteiger partial charge in [0.15, 0.2) is 0 Å². The van der Waals surface area contributed by atoms with Crippen molar-refractivity contribution in [3.63, 3.8) is 0 Å². The van der Waals surface area contributed by atoms with Crippen LogP contribution in [0.25, 0.3) is 17.0 Å². The minimum absolute atomic E-state index is 0. The van der Waals surface area contributed by atoms with Crippen LogP contribution in [0.1, 0.15) is 20.3 Å². The molecule has 8 heteroatoms. The molecule has 0 unspecified atom stereocenters. The molecule has 1 aromatic heterocycles. The average Bonchev–Trinajstić information content (AvgIpc) is 3.08. The van der Waals surface area contributed by atoms with Crippen LogP contribution in [-0.4, -0.2) is 56.3 Å². The SMILES string of the molecule is CC(=O)N1C[C@H]2CC(/C=C/c3cnc4ccccc4c3)=C(C(=O)O)N3C(=O)[C@@H]1[C@@H]23.[H-].[Na+]. The van der Waals surface area contributed by atoms with E-state index in [0.29, 0.717) is 18.5 Å². The summed E-state index contributed by atoms with van der Waals surface area (Å²) in [6.07, 6.45) is 5.86. The summed E-state index contributed by atoms with van der Waals surface area (Å²) in [4.78, 5) is 43.9. The molecule has 0 spiro atoms. The normalized spacial score (nSPS) is 24.7. The molecule has 3 atom stereocenters. The smallest absolute Gasteiger partial charge is 1.00 e. The number of hydrogen-bond acceptors (Lipinski definition) is 4. The molecule has 3 aliphatic heterocycles. The summed E-state index contributed by atoms with van der Waals surface area (Å²) in [7, 11) is 0. The molecule has 30 heavy (non-hydrogen) atoms. The van der Waals surface area contributed by atoms with E-state index in [1.54, 1.807) is 17.2 Å². The largest absolute Gasteiger partial charge is 1.00 e. The van der Waals surface area contributed by atoms with Gasteiger partial charge in [0.25, 0.3) is 5.91 Å². The van der Waals surface area contributed by atoms with E-state index >= 15 is 0 Å². The molecule has 3 aliphatic rings. The van der Waals surface area contributed by atoms with Crippen LogP contribution in [0.3, 0.4) is 0 Å². The van der Waals surface area contributed by atoms with Gasteiger partial charge in [0.1, 0.15) is 11.7 Å². The molecule has 4 heterocycles. The third-order valence-corrected chi connectivity index (χ3v) is 6.08. The number of para-hydroxylation sites is 1. The Balaban J connectivity index is 0.00000136. The summed E-state index contributed by atoms with van der Waals surface area (Å²) in [5, 5.41) is 10.8. The number of rotatable bonds is 3. The van der Waals surface area contributed by atoms with Crippen LogP contribution in [0.5, 0.6) is 0 Å². The maximum atomic E-state index is 12.7. The first-order valence-electron chi connectivity index (χ1n) is 9.55. The number of benzene rings is 1. The van der Waals surface area contributed by atoms with Crippen molar-refractivity contribution >= 4 is 34.8 Å². The Morgan fingerprint density at radius 3 is 2.77 bits per heavy atom. The Hall–Kier alpha value is -2.48. The molecular formula is C22H20N3NaO4. The van der Waals surface area contributed by atoms with Gasteiger partial charge in [-0.3, -0.25) is 19.5 Å². The number of carboxylic acid groups (broad SMARTS) is 1. The first kappa shape index (κ1) is 20.8. The van der Waals surface area contributed by atoms with E-state index in [2.05, 4.69) is 4.98 Å². The van der Waals surface area contributed by atoms with Gasteiger partial charge in [0.2, 0.25) is 5.91 Å². The summed E-state index contributed by atoms with van der Waals surface area (Å²) in [5.74, 6) is -1.51. The second-order valence-electron chi connectivity index (χ2n) is 7.75. The maximum Gasteiger partial charge on any atom is 1.00 e. The van der Waals surface area contributed by atoms with Crippen LogP contribution in [0.2, 0.25) is 0 Å². The summed E-state index contributed by atoms with van der Waals surface area (Å²) < 4.78 is 0. The fourth-order valence-corrected chi connectivity index (χ4v) is 4.82. The molecule has 0 aliphatic carbocycles. The van der Waals surface area contributed by atoms with Gasteiger partial charge in [0, 0.05) is 31.0 Å². The van der Waals surface area contributed by atoms with Crippen molar-refractivity contribution < 1.29 is 50.5 Å². The van der Waals surface area contributed by atoms with Crippen molar-refractivity contribution in [1.82, 2.24) is 14.8 Å². The quantitative estimate of drug-likeness (QED) is 0.524. The minimum Gasteiger partial charge on any atom is -1.00 e. The number of amides is 2. The van der Waals surface area contributed by atoms with Gasteiger partial charge in [-0.15, -0.1) is 0 Å². The number of carbonyl (C=O) groups excluding carboxylic acids is 2. The van der Waals surface area contributed by atoms with Crippen molar-refractivity contribution in [2.45, 2.75) is 25.4 Å². The van der Waals surface area contributed by atoms with E-state index in [1.165, 1.54) is 11.8 Å². The van der Waals surface area contributed by atoms with Crippen molar-refractivity contribution in [2.24, 2.45) is 5.92 Å². The number of aromatic nitrogens is 1. The van der Waals surface area contributed by atoms with Crippen LogP contribution >= 0.6 is 0 Å². The van der Waals surface area contributed by atoms with E-state index in [0.717, 1.165) is 16.5 Å². The Kier molecular flexibility index (Phi) is 5.30. The summed E-state index contributed by atoms with van der Waals surface area (Å²) in [6.45, 7) is 1.93. The van der Waals surface area contributed by atoms with Gasteiger partial charge < -0.3 is 11.4 Å². The Bertz CT molecular complexity index is 1150. The second-order valence-corrected chi connectivity index (χ2v) is 7.75. The number of allylic oxidation sites excluding steroid dienone is 2. The van der Waals surface area contributed by atoms with Gasteiger partial charge in [0.05, 0.1) is 11.6 Å². The van der Waals surface area contributed by atoms with Gasteiger partial charge >= 0.3 is 35.5 Å². The van der Waals surface area contributed by atoms with Crippen molar-refractivity contribution in [2.75, 3.05) is 6.54 Å². The van der Waals surface area contributed by atoms with Gasteiger partial charge in [-0.1, -0.05) is 30.4 Å². The maximum absolute atomic E-state index is 12.7. The number of pyridine rings is 1. The summed E-state index contributed by atoms with van der Waals surface area (Å²) >= 11 is 0. The Morgan fingerprint density at radius 1 is 1.27 bits per heavy atom. The van der Waals surface area contributed by atoms with Crippen molar-refractivity contribution in [3.8, 4) is 0 Å². The van der Waals surface area contributed by atoms with Gasteiger partial charge in [-0.05, 0) is 29.7 Å². The molecule has 148 valence electrons. The topological polar surface area (TPSA) is 90.8 Å². The number of aliphatic carboxylic acids is 1. The third kappa shape index (κ3) is 3.09. The second kappa shape index (κ2) is 7.65. The van der Waals surface area contributed by atoms with Crippen molar-refractivity contribution in [3.05, 3.63) is 59.4 Å². The summed E-state index contributed by atoms with van der Waals surface area (Å²) in [6, 6.07) is 9.03. The van der Waals surface area contributed by atoms with E-state index in [1.807, 2.05) is 36.4 Å². The zero-order chi connectivity index (χ0) is 20.3. The van der Waals surface area contributed by atoms with Gasteiger partial charge in [-0.25, -0.2) is 4.79 Å². The Labute approximate surface area is 196 Å². The number of likely N-dealkylation sites (tertiary alicyclic amines) is 1.